The molecule has 3 heteroatoms. The van der Waals surface area contributed by atoms with Crippen molar-refractivity contribution in [1.29, 1.82) is 0 Å². The maximum atomic E-state index is 12.6. The molecule has 1 aliphatic heterocycles. The highest BCUT2D eigenvalue weighted by Gasteiger charge is 2.27. The number of hydrogen-bond acceptors (Lipinski definition) is 3. The highest BCUT2D eigenvalue weighted by atomic mass is 16.5. The van der Waals surface area contributed by atoms with Crippen molar-refractivity contribution in [2.75, 3.05) is 13.1 Å². The standard InChI is InChI=1S/C30H35NO2/c1-2-3-10-24-19-21-31(22-20-24)29(26-13-8-5-9-14-26)27-15-17-28(18-16-27)30(32)33-23-25-11-6-4-7-12-25/h4-9,11-18,24,29H,2-3,10,19-23H2,1H3. The lowest BCUT2D eigenvalue weighted by atomic mass is 9.88. The fourth-order valence-corrected chi connectivity index (χ4v) is 4.85. The molecule has 0 radical (unpaired) electrons. The lowest BCUT2D eigenvalue weighted by Crippen LogP contribution is -2.37. The molecule has 3 nitrogen and oxygen atoms in total. The highest BCUT2D eigenvalue weighted by molar-refractivity contribution is 5.89. The van der Waals surface area contributed by atoms with Gasteiger partial charge in [0.25, 0.3) is 0 Å². The highest BCUT2D eigenvalue weighted by Crippen LogP contribution is 2.33. The Labute approximate surface area is 198 Å². The largest absolute Gasteiger partial charge is 0.457 e. The SMILES string of the molecule is CCCCC1CCN(C(c2ccccc2)c2ccc(C(=O)OCc3ccccc3)cc2)CC1. The third-order valence-corrected chi connectivity index (χ3v) is 6.77. The average molecular weight is 442 g/mol. The van der Waals surface area contributed by atoms with Crippen molar-refractivity contribution >= 4 is 5.97 Å². The Morgan fingerprint density at radius 1 is 0.879 bits per heavy atom. The van der Waals surface area contributed by atoms with E-state index in [-0.39, 0.29) is 12.0 Å². The van der Waals surface area contributed by atoms with Crippen molar-refractivity contribution < 1.29 is 9.53 Å². The summed E-state index contributed by atoms with van der Waals surface area (Å²) in [5.74, 6) is 0.581. The van der Waals surface area contributed by atoms with E-state index in [1.807, 2.05) is 42.5 Å². The first kappa shape index (κ1) is 23.3. The second-order valence-electron chi connectivity index (χ2n) is 9.12. The predicted octanol–water partition coefficient (Wildman–Crippen LogP) is 7.04. The molecule has 3 aromatic rings. The van der Waals surface area contributed by atoms with E-state index in [1.54, 1.807) is 0 Å². The molecule has 0 spiro atoms. The van der Waals surface area contributed by atoms with Gasteiger partial charge in [0.15, 0.2) is 0 Å². The number of hydrogen-bond donors (Lipinski definition) is 0. The summed E-state index contributed by atoms with van der Waals surface area (Å²) >= 11 is 0. The number of likely N-dealkylation sites (tertiary alicyclic amines) is 1. The van der Waals surface area contributed by atoms with Gasteiger partial charge in [-0.3, -0.25) is 4.90 Å². The average Bonchev–Trinajstić information content (AvgIpc) is 2.88. The lowest BCUT2D eigenvalue weighted by Gasteiger charge is -2.38. The third kappa shape index (κ3) is 6.33. The first-order chi connectivity index (χ1) is 16.2. The Morgan fingerprint density at radius 2 is 1.48 bits per heavy atom. The van der Waals surface area contributed by atoms with Crippen LogP contribution in [0.4, 0.5) is 0 Å². The Bertz CT molecular complexity index is 977. The summed E-state index contributed by atoms with van der Waals surface area (Å²) in [6, 6.07) is 28.8. The van der Waals surface area contributed by atoms with Crippen LogP contribution in [0.25, 0.3) is 0 Å². The minimum absolute atomic E-state index is 0.215. The van der Waals surface area contributed by atoms with E-state index in [1.165, 1.54) is 43.2 Å². The normalized spacial score (nSPS) is 15.8. The molecule has 0 saturated carbocycles. The van der Waals surface area contributed by atoms with Gasteiger partial charge in [0, 0.05) is 0 Å². The maximum absolute atomic E-state index is 12.6. The Morgan fingerprint density at radius 3 is 2.12 bits per heavy atom. The Balaban J connectivity index is 1.45. The van der Waals surface area contributed by atoms with Gasteiger partial charge < -0.3 is 4.74 Å². The van der Waals surface area contributed by atoms with E-state index < -0.39 is 0 Å². The maximum Gasteiger partial charge on any atom is 0.338 e. The zero-order valence-corrected chi connectivity index (χ0v) is 19.7. The van der Waals surface area contributed by atoms with E-state index in [4.69, 9.17) is 4.74 Å². The lowest BCUT2D eigenvalue weighted by molar-refractivity contribution is 0.0472. The van der Waals surface area contributed by atoms with Crippen molar-refractivity contribution in [3.8, 4) is 0 Å². The molecule has 33 heavy (non-hydrogen) atoms. The zero-order chi connectivity index (χ0) is 22.9. The monoisotopic (exact) mass is 441 g/mol. The molecule has 4 rings (SSSR count). The van der Waals surface area contributed by atoms with E-state index in [2.05, 4.69) is 54.3 Å². The van der Waals surface area contributed by atoms with E-state index in [9.17, 15) is 4.79 Å². The Kier molecular flexibility index (Phi) is 8.32. The van der Waals surface area contributed by atoms with Gasteiger partial charge in [0.1, 0.15) is 6.61 Å². The molecule has 0 amide bonds. The summed E-state index contributed by atoms with van der Waals surface area (Å²) < 4.78 is 5.51. The smallest absolute Gasteiger partial charge is 0.338 e. The third-order valence-electron chi connectivity index (χ3n) is 6.77. The Hall–Kier alpha value is -2.91. The van der Waals surface area contributed by atoms with Crippen LogP contribution < -0.4 is 0 Å². The van der Waals surface area contributed by atoms with Crippen LogP contribution in [-0.4, -0.2) is 24.0 Å². The van der Waals surface area contributed by atoms with Crippen LogP contribution in [0.3, 0.4) is 0 Å². The number of piperidine rings is 1. The number of esters is 1. The van der Waals surface area contributed by atoms with Gasteiger partial charge in [0.2, 0.25) is 0 Å². The molecule has 0 aromatic heterocycles. The molecular formula is C30H35NO2. The van der Waals surface area contributed by atoms with Crippen LogP contribution >= 0.6 is 0 Å². The van der Waals surface area contributed by atoms with E-state index in [0.29, 0.717) is 12.2 Å². The van der Waals surface area contributed by atoms with Gasteiger partial charge in [0.05, 0.1) is 11.6 Å². The summed E-state index contributed by atoms with van der Waals surface area (Å²) in [6.45, 7) is 4.81. The van der Waals surface area contributed by atoms with Gasteiger partial charge in [-0.25, -0.2) is 4.79 Å². The van der Waals surface area contributed by atoms with Crippen molar-refractivity contribution in [2.24, 2.45) is 5.92 Å². The van der Waals surface area contributed by atoms with Crippen molar-refractivity contribution in [1.82, 2.24) is 4.90 Å². The molecule has 1 saturated heterocycles. The van der Waals surface area contributed by atoms with E-state index in [0.717, 1.165) is 24.6 Å². The second kappa shape index (κ2) is 11.8. The summed E-state index contributed by atoms with van der Waals surface area (Å²) in [4.78, 5) is 15.2. The van der Waals surface area contributed by atoms with Crippen molar-refractivity contribution in [3.63, 3.8) is 0 Å². The molecule has 0 aliphatic carbocycles. The predicted molar refractivity (Wildman–Crippen MR) is 134 cm³/mol. The summed E-state index contributed by atoms with van der Waals surface area (Å²) in [5.41, 5.74) is 4.13. The number of nitrogens with zero attached hydrogens (tertiary/aromatic N) is 1. The summed E-state index contributed by atoms with van der Waals surface area (Å²) in [7, 11) is 0. The molecule has 172 valence electrons. The van der Waals surface area contributed by atoms with E-state index >= 15 is 0 Å². The molecule has 0 bridgehead atoms. The summed E-state index contributed by atoms with van der Waals surface area (Å²) in [5, 5.41) is 0. The van der Waals surface area contributed by atoms with Gasteiger partial charge in [-0.15, -0.1) is 0 Å². The van der Waals surface area contributed by atoms with Gasteiger partial charge in [-0.05, 0) is 60.7 Å². The molecule has 0 N–H and O–H groups in total. The van der Waals surface area contributed by atoms with Crippen LogP contribution in [0.5, 0.6) is 0 Å². The fraction of sp³-hybridized carbons (Fsp3) is 0.367. The minimum Gasteiger partial charge on any atom is -0.457 e. The second-order valence-corrected chi connectivity index (χ2v) is 9.12. The molecule has 1 atom stereocenters. The number of benzene rings is 3. The van der Waals surface area contributed by atoms with Crippen LogP contribution in [0.1, 0.15) is 72.1 Å². The number of ether oxygens (including phenoxy) is 1. The minimum atomic E-state index is -0.279. The van der Waals surface area contributed by atoms with Gasteiger partial charge >= 0.3 is 5.97 Å². The fourth-order valence-electron chi connectivity index (χ4n) is 4.85. The zero-order valence-electron chi connectivity index (χ0n) is 19.7. The molecule has 1 fully saturated rings. The summed E-state index contributed by atoms with van der Waals surface area (Å²) in [6.07, 6.45) is 6.53. The van der Waals surface area contributed by atoms with Crippen molar-refractivity contribution in [2.45, 2.75) is 51.7 Å². The molecular weight excluding hydrogens is 406 g/mol. The molecule has 1 aliphatic rings. The molecule has 1 heterocycles. The quantitative estimate of drug-likeness (QED) is 0.334. The number of rotatable bonds is 9. The first-order valence-electron chi connectivity index (χ1n) is 12.3. The van der Waals surface area contributed by atoms with Crippen LogP contribution in [-0.2, 0) is 11.3 Å². The van der Waals surface area contributed by atoms with Crippen molar-refractivity contribution in [3.05, 3.63) is 107 Å². The molecule has 3 aromatic carbocycles. The topological polar surface area (TPSA) is 29.5 Å². The molecule has 1 unspecified atom stereocenters. The number of unbranched alkanes of at least 4 members (excludes halogenated alkanes) is 1. The van der Waals surface area contributed by atoms with Gasteiger partial charge in [-0.1, -0.05) is 99.0 Å². The van der Waals surface area contributed by atoms with Crippen LogP contribution in [0, 0.1) is 5.92 Å². The number of carbonyl (C=O) groups excluding carboxylic acids is 1. The van der Waals surface area contributed by atoms with Crippen LogP contribution in [0.15, 0.2) is 84.9 Å². The first-order valence-corrected chi connectivity index (χ1v) is 12.3. The van der Waals surface area contributed by atoms with Crippen LogP contribution in [0.2, 0.25) is 0 Å². The van der Waals surface area contributed by atoms with Gasteiger partial charge in [-0.2, -0.15) is 0 Å². The number of carbonyl (C=O) groups is 1.